The summed E-state index contributed by atoms with van der Waals surface area (Å²) in [4.78, 5) is 0. The summed E-state index contributed by atoms with van der Waals surface area (Å²) in [7, 11) is 3.58. The molecule has 0 fully saturated rings. The molecule has 1 aromatic carbocycles. The molecule has 90 valence electrons. The highest BCUT2D eigenvalue weighted by Crippen LogP contribution is 2.12. The van der Waals surface area contributed by atoms with Gasteiger partial charge in [0.2, 0.25) is 0 Å². The molecule has 2 rings (SSSR count). The number of hydrogen-bond donors (Lipinski definition) is 1. The molecule has 0 radical (unpaired) electrons. The van der Waals surface area contributed by atoms with Crippen molar-refractivity contribution in [3.63, 3.8) is 0 Å². The van der Waals surface area contributed by atoms with Crippen LogP contribution in [0.1, 0.15) is 11.3 Å². The Labute approximate surface area is 100 Å². The van der Waals surface area contributed by atoms with Crippen LogP contribution in [0.25, 0.3) is 0 Å². The number of hydrogen-bond acceptors (Lipinski definition) is 4. The molecule has 0 spiro atoms. The first-order valence-electron chi connectivity index (χ1n) is 5.45. The minimum Gasteiger partial charge on any atom is -0.380 e. The largest absolute Gasteiger partial charge is 0.380 e. The zero-order chi connectivity index (χ0) is 12.1. The van der Waals surface area contributed by atoms with Gasteiger partial charge < -0.3 is 10.1 Å². The maximum Gasteiger partial charge on any atom is 0.0774 e. The molecule has 0 saturated heterocycles. The van der Waals surface area contributed by atoms with Crippen LogP contribution in [0, 0.1) is 0 Å². The fourth-order valence-electron chi connectivity index (χ4n) is 1.60. The van der Waals surface area contributed by atoms with Crippen LogP contribution in [0.3, 0.4) is 0 Å². The van der Waals surface area contributed by atoms with Gasteiger partial charge in [0.05, 0.1) is 25.0 Å². The molecule has 1 aromatic heterocycles. The predicted molar refractivity (Wildman–Crippen MR) is 65.5 cm³/mol. The first kappa shape index (κ1) is 11.6. The number of benzene rings is 1. The van der Waals surface area contributed by atoms with E-state index in [1.165, 1.54) is 0 Å². The lowest BCUT2D eigenvalue weighted by molar-refractivity contribution is 0.185. The van der Waals surface area contributed by atoms with E-state index in [2.05, 4.69) is 21.7 Å². The van der Waals surface area contributed by atoms with Crippen molar-refractivity contribution in [3.8, 4) is 0 Å². The normalized spacial score (nSPS) is 10.5. The zero-order valence-electron chi connectivity index (χ0n) is 10.1. The fourth-order valence-corrected chi connectivity index (χ4v) is 1.60. The minimum absolute atomic E-state index is 0.628. The number of aromatic nitrogens is 3. The van der Waals surface area contributed by atoms with Gasteiger partial charge in [-0.1, -0.05) is 17.3 Å². The third-order valence-electron chi connectivity index (χ3n) is 2.52. The first-order chi connectivity index (χ1) is 8.29. The van der Waals surface area contributed by atoms with Gasteiger partial charge in [-0.15, -0.1) is 5.10 Å². The average molecular weight is 232 g/mol. The van der Waals surface area contributed by atoms with Gasteiger partial charge in [0.15, 0.2) is 0 Å². The maximum absolute atomic E-state index is 5.10. The van der Waals surface area contributed by atoms with E-state index in [9.17, 15) is 0 Å². The Hall–Kier alpha value is -1.88. The van der Waals surface area contributed by atoms with Crippen molar-refractivity contribution in [2.75, 3.05) is 12.4 Å². The van der Waals surface area contributed by atoms with E-state index < -0.39 is 0 Å². The van der Waals surface area contributed by atoms with E-state index in [-0.39, 0.29) is 0 Å². The molecule has 17 heavy (non-hydrogen) atoms. The topological polar surface area (TPSA) is 52.0 Å². The molecule has 0 saturated carbocycles. The van der Waals surface area contributed by atoms with Gasteiger partial charge >= 0.3 is 0 Å². The summed E-state index contributed by atoms with van der Waals surface area (Å²) in [6, 6.07) is 8.16. The monoisotopic (exact) mass is 232 g/mol. The SMILES string of the molecule is COCc1cccc(NCc2cnnn2C)c1. The van der Waals surface area contributed by atoms with Crippen LogP contribution in [0.4, 0.5) is 5.69 Å². The second-order valence-corrected chi connectivity index (χ2v) is 3.84. The van der Waals surface area contributed by atoms with Gasteiger partial charge in [-0.3, -0.25) is 4.68 Å². The Morgan fingerprint density at radius 1 is 1.41 bits per heavy atom. The van der Waals surface area contributed by atoms with Crippen LogP contribution in [0.15, 0.2) is 30.5 Å². The molecule has 0 aliphatic carbocycles. The van der Waals surface area contributed by atoms with Crippen molar-refractivity contribution in [1.29, 1.82) is 0 Å². The smallest absolute Gasteiger partial charge is 0.0774 e. The van der Waals surface area contributed by atoms with Crippen molar-refractivity contribution >= 4 is 5.69 Å². The van der Waals surface area contributed by atoms with Gasteiger partial charge in [0.1, 0.15) is 0 Å². The van der Waals surface area contributed by atoms with E-state index >= 15 is 0 Å². The lowest BCUT2D eigenvalue weighted by Gasteiger charge is -2.07. The number of methoxy groups -OCH3 is 1. The zero-order valence-corrected chi connectivity index (χ0v) is 10.1. The standard InChI is InChI=1S/C12H16N4O/c1-16-12(8-14-15-16)7-13-11-5-3-4-10(6-11)9-17-2/h3-6,8,13H,7,9H2,1-2H3. The van der Waals surface area contributed by atoms with E-state index in [1.807, 2.05) is 25.2 Å². The van der Waals surface area contributed by atoms with Crippen molar-refractivity contribution < 1.29 is 4.74 Å². The van der Waals surface area contributed by atoms with Crippen molar-refractivity contribution in [1.82, 2.24) is 15.0 Å². The summed E-state index contributed by atoms with van der Waals surface area (Å²) < 4.78 is 6.86. The maximum atomic E-state index is 5.10. The van der Waals surface area contributed by atoms with Crippen molar-refractivity contribution in [3.05, 3.63) is 41.7 Å². The molecule has 0 aliphatic heterocycles. The fraction of sp³-hybridized carbons (Fsp3) is 0.333. The highest BCUT2D eigenvalue weighted by atomic mass is 16.5. The predicted octanol–water partition coefficient (Wildman–Crippen LogP) is 1.57. The van der Waals surface area contributed by atoms with Crippen LogP contribution < -0.4 is 5.32 Å². The number of aryl methyl sites for hydroxylation is 1. The molecular weight excluding hydrogens is 216 g/mol. The van der Waals surface area contributed by atoms with Gasteiger partial charge in [0.25, 0.3) is 0 Å². The molecule has 5 heteroatoms. The van der Waals surface area contributed by atoms with Crippen LogP contribution in [-0.2, 0) is 24.9 Å². The summed E-state index contributed by atoms with van der Waals surface area (Å²) in [5, 5.41) is 11.0. The quantitative estimate of drug-likeness (QED) is 0.850. The highest BCUT2D eigenvalue weighted by molar-refractivity contribution is 5.45. The summed E-state index contributed by atoms with van der Waals surface area (Å²) in [5.41, 5.74) is 3.27. The van der Waals surface area contributed by atoms with Crippen LogP contribution in [0.2, 0.25) is 0 Å². The van der Waals surface area contributed by atoms with E-state index in [0.717, 1.165) is 16.9 Å². The van der Waals surface area contributed by atoms with Gasteiger partial charge in [-0.05, 0) is 17.7 Å². The Morgan fingerprint density at radius 2 is 2.29 bits per heavy atom. The second kappa shape index (κ2) is 5.45. The van der Waals surface area contributed by atoms with Gasteiger partial charge in [0, 0.05) is 19.8 Å². The highest BCUT2D eigenvalue weighted by Gasteiger charge is 2.00. The number of anilines is 1. The second-order valence-electron chi connectivity index (χ2n) is 3.84. The van der Waals surface area contributed by atoms with Crippen LogP contribution >= 0.6 is 0 Å². The summed E-state index contributed by atoms with van der Waals surface area (Å²) in [6.07, 6.45) is 1.76. The Kier molecular flexibility index (Phi) is 3.72. The molecule has 1 N–H and O–H groups in total. The van der Waals surface area contributed by atoms with Crippen LogP contribution in [-0.4, -0.2) is 22.1 Å². The number of nitrogens with one attached hydrogen (secondary N) is 1. The lowest BCUT2D eigenvalue weighted by atomic mass is 10.2. The third-order valence-corrected chi connectivity index (χ3v) is 2.52. The van der Waals surface area contributed by atoms with Crippen molar-refractivity contribution in [2.24, 2.45) is 7.05 Å². The van der Waals surface area contributed by atoms with Gasteiger partial charge in [-0.25, -0.2) is 0 Å². The van der Waals surface area contributed by atoms with E-state index in [1.54, 1.807) is 18.0 Å². The van der Waals surface area contributed by atoms with E-state index in [0.29, 0.717) is 13.2 Å². The Balaban J connectivity index is 1.99. The summed E-state index contributed by atoms with van der Waals surface area (Å²) in [5.74, 6) is 0. The molecule has 5 nitrogen and oxygen atoms in total. The number of ether oxygens (including phenoxy) is 1. The minimum atomic E-state index is 0.628. The summed E-state index contributed by atoms with van der Waals surface area (Å²) in [6.45, 7) is 1.34. The molecule has 0 atom stereocenters. The molecule has 0 bridgehead atoms. The Morgan fingerprint density at radius 3 is 3.00 bits per heavy atom. The number of rotatable bonds is 5. The molecule has 0 unspecified atom stereocenters. The average Bonchev–Trinajstić information content (AvgIpc) is 2.73. The third kappa shape index (κ3) is 3.04. The van der Waals surface area contributed by atoms with Crippen molar-refractivity contribution in [2.45, 2.75) is 13.2 Å². The lowest BCUT2D eigenvalue weighted by Crippen LogP contribution is -2.05. The Bertz CT molecular complexity index is 481. The molecule has 0 amide bonds. The first-order valence-corrected chi connectivity index (χ1v) is 5.45. The molecule has 2 aromatic rings. The van der Waals surface area contributed by atoms with E-state index in [4.69, 9.17) is 4.74 Å². The number of nitrogens with zero attached hydrogens (tertiary/aromatic N) is 3. The molecule has 1 heterocycles. The summed E-state index contributed by atoms with van der Waals surface area (Å²) >= 11 is 0. The molecule has 0 aliphatic rings. The molecular formula is C12H16N4O. The van der Waals surface area contributed by atoms with Crippen LogP contribution in [0.5, 0.6) is 0 Å². The van der Waals surface area contributed by atoms with Gasteiger partial charge in [-0.2, -0.15) is 0 Å².